The van der Waals surface area contributed by atoms with Crippen molar-refractivity contribution in [2.45, 2.75) is 19.9 Å². The summed E-state index contributed by atoms with van der Waals surface area (Å²) in [5.41, 5.74) is 1.05. The van der Waals surface area contributed by atoms with Crippen molar-refractivity contribution >= 4 is 27.9 Å². The first-order valence-electron chi connectivity index (χ1n) is 6.79. The van der Waals surface area contributed by atoms with Gasteiger partial charge in [0, 0.05) is 28.0 Å². The van der Waals surface area contributed by atoms with Crippen LogP contribution >= 0.6 is 11.3 Å². The summed E-state index contributed by atoms with van der Waals surface area (Å²) in [4.78, 5) is 8.99. The summed E-state index contributed by atoms with van der Waals surface area (Å²) < 4.78 is 5.41. The summed E-state index contributed by atoms with van der Waals surface area (Å²) in [7, 11) is 1.68. The first kappa shape index (κ1) is 13.8. The second kappa shape index (κ2) is 5.69. The Kier molecular flexibility index (Phi) is 3.75. The molecule has 2 aromatic heterocycles. The van der Waals surface area contributed by atoms with E-state index in [1.54, 1.807) is 24.6 Å². The molecule has 0 bridgehead atoms. The normalized spacial score (nSPS) is 12.3. The van der Waals surface area contributed by atoms with Crippen LogP contribution in [0.3, 0.4) is 0 Å². The third kappa shape index (κ3) is 2.69. The number of benzene rings is 1. The van der Waals surface area contributed by atoms with Crippen LogP contribution in [-0.2, 0) is 0 Å². The van der Waals surface area contributed by atoms with E-state index in [1.807, 2.05) is 31.2 Å². The van der Waals surface area contributed by atoms with Crippen molar-refractivity contribution in [3.8, 4) is 5.75 Å². The van der Waals surface area contributed by atoms with E-state index in [0.29, 0.717) is 0 Å². The van der Waals surface area contributed by atoms with Crippen LogP contribution in [0.5, 0.6) is 5.75 Å². The van der Waals surface area contributed by atoms with Gasteiger partial charge in [0.15, 0.2) is 0 Å². The van der Waals surface area contributed by atoms with Crippen LogP contribution in [-0.4, -0.2) is 17.1 Å². The third-order valence-electron chi connectivity index (χ3n) is 3.35. The number of fused-ring (bicyclic) bond motifs is 1. The number of aromatic nitrogens is 2. The average Bonchev–Trinajstić information content (AvgIpc) is 2.93. The van der Waals surface area contributed by atoms with E-state index >= 15 is 0 Å². The van der Waals surface area contributed by atoms with E-state index < -0.39 is 0 Å². The molecule has 21 heavy (non-hydrogen) atoms. The summed E-state index contributed by atoms with van der Waals surface area (Å²) in [6.07, 6.45) is 1.80. The fraction of sp³-hybridized carbons (Fsp3) is 0.250. The van der Waals surface area contributed by atoms with Crippen LogP contribution in [0.25, 0.3) is 10.8 Å². The van der Waals surface area contributed by atoms with E-state index in [1.165, 1.54) is 0 Å². The first-order chi connectivity index (χ1) is 10.2. The summed E-state index contributed by atoms with van der Waals surface area (Å²) >= 11 is 1.66. The highest BCUT2D eigenvalue weighted by Crippen LogP contribution is 2.31. The standard InChI is InChI=1S/C16H17N3OS/c1-10-9-21-16(18-10)11(2)19-15-13-5-4-6-14(20-3)12(13)7-8-17-15/h4-9,11H,1-3H3,(H,17,19). The number of nitrogens with zero attached hydrogens (tertiary/aromatic N) is 2. The second-order valence-electron chi connectivity index (χ2n) is 4.91. The molecule has 0 saturated carbocycles. The molecule has 0 fully saturated rings. The summed E-state index contributed by atoms with van der Waals surface area (Å²) in [6.45, 7) is 4.10. The lowest BCUT2D eigenvalue weighted by molar-refractivity contribution is 0.420. The van der Waals surface area contributed by atoms with Gasteiger partial charge in [-0.15, -0.1) is 11.3 Å². The number of aryl methyl sites for hydroxylation is 1. The Balaban J connectivity index is 1.97. The molecule has 0 aliphatic rings. The molecular formula is C16H17N3OS. The minimum atomic E-state index is 0.119. The van der Waals surface area contributed by atoms with Crippen molar-refractivity contribution < 1.29 is 4.74 Å². The third-order valence-corrected chi connectivity index (χ3v) is 4.49. The van der Waals surface area contributed by atoms with Crippen LogP contribution in [0.1, 0.15) is 23.7 Å². The quantitative estimate of drug-likeness (QED) is 0.785. The van der Waals surface area contributed by atoms with Gasteiger partial charge in [-0.2, -0.15) is 0 Å². The van der Waals surface area contributed by atoms with Gasteiger partial charge in [-0.05, 0) is 26.0 Å². The Labute approximate surface area is 127 Å². The molecule has 108 valence electrons. The van der Waals surface area contributed by atoms with Crippen LogP contribution in [0.15, 0.2) is 35.8 Å². The van der Waals surface area contributed by atoms with E-state index in [9.17, 15) is 0 Å². The highest BCUT2D eigenvalue weighted by molar-refractivity contribution is 7.09. The van der Waals surface area contributed by atoms with Crippen LogP contribution in [0.4, 0.5) is 5.82 Å². The molecule has 1 unspecified atom stereocenters. The lowest BCUT2D eigenvalue weighted by Gasteiger charge is -2.14. The largest absolute Gasteiger partial charge is 0.496 e. The zero-order valence-electron chi connectivity index (χ0n) is 12.3. The van der Waals surface area contributed by atoms with E-state index in [0.717, 1.165) is 33.0 Å². The van der Waals surface area contributed by atoms with Crippen LogP contribution in [0.2, 0.25) is 0 Å². The average molecular weight is 299 g/mol. The van der Waals surface area contributed by atoms with E-state index in [4.69, 9.17) is 4.74 Å². The van der Waals surface area contributed by atoms with Gasteiger partial charge in [0.1, 0.15) is 16.6 Å². The predicted octanol–water partition coefficient (Wildman–Crippen LogP) is 4.18. The number of hydrogen-bond donors (Lipinski definition) is 1. The number of hydrogen-bond acceptors (Lipinski definition) is 5. The zero-order valence-corrected chi connectivity index (χ0v) is 13.1. The Morgan fingerprint density at radius 1 is 1.24 bits per heavy atom. The summed E-state index contributed by atoms with van der Waals surface area (Å²) in [6, 6.07) is 8.07. The van der Waals surface area contributed by atoms with Gasteiger partial charge in [-0.1, -0.05) is 12.1 Å². The second-order valence-corrected chi connectivity index (χ2v) is 5.80. The number of rotatable bonds is 4. The molecule has 0 aliphatic heterocycles. The molecule has 1 N–H and O–H groups in total. The van der Waals surface area contributed by atoms with E-state index in [2.05, 4.69) is 27.6 Å². The number of ether oxygens (including phenoxy) is 1. The van der Waals surface area contributed by atoms with Gasteiger partial charge >= 0.3 is 0 Å². The molecule has 0 aliphatic carbocycles. The monoisotopic (exact) mass is 299 g/mol. The lowest BCUT2D eigenvalue weighted by Crippen LogP contribution is -2.08. The Hall–Kier alpha value is -2.14. The van der Waals surface area contributed by atoms with Crippen molar-refractivity contribution in [1.82, 2.24) is 9.97 Å². The SMILES string of the molecule is COc1cccc2c(NC(C)c3nc(C)cs3)nccc12. The number of anilines is 1. The van der Waals surface area contributed by atoms with Crippen LogP contribution in [0, 0.1) is 6.92 Å². The number of pyridine rings is 1. The Bertz CT molecular complexity index is 769. The first-order valence-corrected chi connectivity index (χ1v) is 7.67. The Morgan fingerprint density at radius 2 is 2.10 bits per heavy atom. The minimum absolute atomic E-state index is 0.119. The molecule has 0 radical (unpaired) electrons. The predicted molar refractivity (Wildman–Crippen MR) is 87.2 cm³/mol. The van der Waals surface area contributed by atoms with Crippen molar-refractivity contribution in [1.29, 1.82) is 0 Å². The number of thiazole rings is 1. The highest BCUT2D eigenvalue weighted by Gasteiger charge is 2.12. The maximum Gasteiger partial charge on any atom is 0.134 e. The minimum Gasteiger partial charge on any atom is -0.496 e. The highest BCUT2D eigenvalue weighted by atomic mass is 32.1. The summed E-state index contributed by atoms with van der Waals surface area (Å²) in [5.74, 6) is 1.71. The smallest absolute Gasteiger partial charge is 0.134 e. The molecular weight excluding hydrogens is 282 g/mol. The van der Waals surface area contributed by atoms with Crippen molar-refractivity contribution in [3.05, 3.63) is 46.5 Å². The molecule has 4 nitrogen and oxygen atoms in total. The number of nitrogens with one attached hydrogen (secondary N) is 1. The molecule has 3 rings (SSSR count). The molecule has 1 aromatic carbocycles. The fourth-order valence-electron chi connectivity index (χ4n) is 2.31. The maximum atomic E-state index is 5.41. The van der Waals surface area contributed by atoms with Gasteiger partial charge in [0.05, 0.1) is 13.2 Å². The lowest BCUT2D eigenvalue weighted by atomic mass is 10.1. The van der Waals surface area contributed by atoms with Crippen molar-refractivity contribution in [2.75, 3.05) is 12.4 Å². The molecule has 3 aromatic rings. The van der Waals surface area contributed by atoms with Gasteiger partial charge < -0.3 is 10.1 Å². The Morgan fingerprint density at radius 3 is 2.81 bits per heavy atom. The van der Waals surface area contributed by atoms with Gasteiger partial charge in [0.2, 0.25) is 0 Å². The molecule has 2 heterocycles. The maximum absolute atomic E-state index is 5.41. The van der Waals surface area contributed by atoms with Crippen LogP contribution < -0.4 is 10.1 Å². The fourth-order valence-corrected chi connectivity index (χ4v) is 3.11. The zero-order chi connectivity index (χ0) is 14.8. The van der Waals surface area contributed by atoms with E-state index in [-0.39, 0.29) is 6.04 Å². The molecule has 0 spiro atoms. The topological polar surface area (TPSA) is 47.0 Å². The van der Waals surface area contributed by atoms with Gasteiger partial charge in [-0.25, -0.2) is 9.97 Å². The van der Waals surface area contributed by atoms with Crippen molar-refractivity contribution in [3.63, 3.8) is 0 Å². The number of methoxy groups -OCH3 is 1. The van der Waals surface area contributed by atoms with Gasteiger partial charge in [-0.3, -0.25) is 0 Å². The van der Waals surface area contributed by atoms with Gasteiger partial charge in [0.25, 0.3) is 0 Å². The molecule has 0 amide bonds. The molecule has 0 saturated heterocycles. The molecule has 5 heteroatoms. The van der Waals surface area contributed by atoms with Crippen molar-refractivity contribution in [2.24, 2.45) is 0 Å². The molecule has 1 atom stereocenters. The summed E-state index contributed by atoms with van der Waals surface area (Å²) in [5, 5.41) is 8.68.